The number of unbranched alkanes of at least 4 members (excludes halogenated alkanes) is 1. The molecule has 0 saturated carbocycles. The van der Waals surface area contributed by atoms with Gasteiger partial charge in [-0.15, -0.1) is 0 Å². The van der Waals surface area contributed by atoms with E-state index in [0.717, 1.165) is 12.5 Å². The predicted octanol–water partition coefficient (Wildman–Crippen LogP) is 8.33. The van der Waals surface area contributed by atoms with E-state index < -0.39 is 46.7 Å². The average molecular weight is 531 g/mol. The molecule has 4 rings (SSSR count). The average Bonchev–Trinajstić information content (AvgIpc) is 2.90. The van der Waals surface area contributed by atoms with E-state index in [-0.39, 0.29) is 35.5 Å². The molecule has 200 valence electrons. The molecule has 0 fully saturated rings. The van der Waals surface area contributed by atoms with Gasteiger partial charge in [-0.1, -0.05) is 37.6 Å². The van der Waals surface area contributed by atoms with Crippen LogP contribution in [0, 0.1) is 36.0 Å². The van der Waals surface area contributed by atoms with Crippen molar-refractivity contribution in [3.8, 4) is 16.9 Å². The SMILES string of the molecule is CCCCOc1ccc(-c2ccc(C3=CCC(OC(=O)c4ccc(C)c(F)c4F)CC3)c(F)c2)c(F)c1F. The molecule has 3 aromatic rings. The Bertz CT molecular complexity index is 1380. The molecule has 3 aromatic carbocycles. The molecule has 0 aliphatic heterocycles. The first-order valence-corrected chi connectivity index (χ1v) is 12.5. The van der Waals surface area contributed by atoms with Crippen molar-refractivity contribution >= 4 is 11.5 Å². The number of allylic oxidation sites excluding steroid dienone is 1. The van der Waals surface area contributed by atoms with E-state index in [1.807, 2.05) is 6.92 Å². The quantitative estimate of drug-likeness (QED) is 0.167. The van der Waals surface area contributed by atoms with E-state index in [4.69, 9.17) is 9.47 Å². The molecule has 0 N–H and O–H groups in total. The monoisotopic (exact) mass is 530 g/mol. The number of halogens is 5. The number of hydrogen-bond acceptors (Lipinski definition) is 3. The third-order valence-corrected chi connectivity index (χ3v) is 6.56. The molecule has 0 spiro atoms. The summed E-state index contributed by atoms with van der Waals surface area (Å²) in [6, 6.07) is 9.32. The standard InChI is InChI=1S/C30H27F5O3/c1-3-4-15-37-25-14-13-22(27(33)29(25)35)19-8-12-21(24(31)16-19)18-6-9-20(10-7-18)38-30(36)23-11-5-17(2)26(32)28(23)34/h5-6,8,11-14,16,20H,3-4,7,9-10,15H2,1-2H3. The second-order valence-corrected chi connectivity index (χ2v) is 9.22. The lowest BCUT2D eigenvalue weighted by atomic mass is 9.90. The first-order valence-electron chi connectivity index (χ1n) is 12.5. The van der Waals surface area contributed by atoms with Crippen LogP contribution in [0.1, 0.15) is 60.5 Å². The van der Waals surface area contributed by atoms with Crippen LogP contribution in [-0.4, -0.2) is 18.7 Å². The number of aryl methyl sites for hydroxylation is 1. The normalized spacial score (nSPS) is 15.2. The fraction of sp³-hybridized carbons (Fsp3) is 0.300. The Morgan fingerprint density at radius 3 is 2.37 bits per heavy atom. The van der Waals surface area contributed by atoms with Crippen LogP contribution in [0.2, 0.25) is 0 Å². The molecule has 0 amide bonds. The van der Waals surface area contributed by atoms with E-state index in [1.54, 1.807) is 6.08 Å². The molecule has 0 heterocycles. The fourth-order valence-electron chi connectivity index (χ4n) is 4.32. The van der Waals surface area contributed by atoms with Gasteiger partial charge in [0.1, 0.15) is 11.9 Å². The summed E-state index contributed by atoms with van der Waals surface area (Å²) in [6.07, 6.45) is 3.68. The molecule has 0 radical (unpaired) electrons. The number of hydrogen-bond donors (Lipinski definition) is 0. The van der Waals surface area contributed by atoms with Crippen LogP contribution < -0.4 is 4.74 Å². The van der Waals surface area contributed by atoms with Gasteiger partial charge in [-0.25, -0.2) is 22.4 Å². The van der Waals surface area contributed by atoms with Gasteiger partial charge in [-0.05, 0) is 67.2 Å². The first kappa shape index (κ1) is 27.4. The lowest BCUT2D eigenvalue weighted by Crippen LogP contribution is -2.21. The molecule has 1 atom stereocenters. The van der Waals surface area contributed by atoms with Crippen LogP contribution in [0.4, 0.5) is 22.0 Å². The van der Waals surface area contributed by atoms with Gasteiger partial charge in [0.2, 0.25) is 5.82 Å². The summed E-state index contributed by atoms with van der Waals surface area (Å²) >= 11 is 0. The molecule has 0 aromatic heterocycles. The Hall–Kier alpha value is -3.68. The molecule has 38 heavy (non-hydrogen) atoms. The summed E-state index contributed by atoms with van der Waals surface area (Å²) in [5.74, 6) is -6.33. The zero-order valence-corrected chi connectivity index (χ0v) is 21.1. The zero-order valence-electron chi connectivity index (χ0n) is 21.1. The maximum atomic E-state index is 15.0. The molecule has 1 aliphatic carbocycles. The lowest BCUT2D eigenvalue weighted by molar-refractivity contribution is 0.0279. The summed E-state index contributed by atoms with van der Waals surface area (Å²) in [6.45, 7) is 3.61. The predicted molar refractivity (Wildman–Crippen MR) is 134 cm³/mol. The van der Waals surface area contributed by atoms with Crippen LogP contribution in [0.5, 0.6) is 5.75 Å². The van der Waals surface area contributed by atoms with Gasteiger partial charge in [0.05, 0.1) is 12.2 Å². The Morgan fingerprint density at radius 1 is 0.921 bits per heavy atom. The molecular weight excluding hydrogens is 503 g/mol. The van der Waals surface area contributed by atoms with Gasteiger partial charge in [0, 0.05) is 17.5 Å². The van der Waals surface area contributed by atoms with Crippen LogP contribution in [0.15, 0.2) is 48.5 Å². The molecule has 0 saturated heterocycles. The topological polar surface area (TPSA) is 35.5 Å². The van der Waals surface area contributed by atoms with Gasteiger partial charge in [-0.2, -0.15) is 4.39 Å². The van der Waals surface area contributed by atoms with Crippen molar-refractivity contribution < 1.29 is 36.2 Å². The summed E-state index contributed by atoms with van der Waals surface area (Å²) < 4.78 is 82.7. The number of carbonyl (C=O) groups excluding carboxylic acids is 1. The van der Waals surface area contributed by atoms with E-state index in [0.29, 0.717) is 30.4 Å². The van der Waals surface area contributed by atoms with Crippen molar-refractivity contribution in [2.75, 3.05) is 6.61 Å². The smallest absolute Gasteiger partial charge is 0.341 e. The Labute approximate surface area is 217 Å². The lowest BCUT2D eigenvalue weighted by Gasteiger charge is -2.23. The zero-order chi connectivity index (χ0) is 27.4. The van der Waals surface area contributed by atoms with Gasteiger partial charge in [-0.3, -0.25) is 0 Å². The van der Waals surface area contributed by atoms with Crippen LogP contribution in [0.3, 0.4) is 0 Å². The van der Waals surface area contributed by atoms with E-state index in [9.17, 15) is 22.4 Å². The number of carbonyl (C=O) groups is 1. The minimum Gasteiger partial charge on any atom is -0.490 e. The highest BCUT2D eigenvalue weighted by Crippen LogP contribution is 2.35. The molecule has 1 unspecified atom stereocenters. The summed E-state index contributed by atoms with van der Waals surface area (Å²) in [5, 5.41) is 0. The van der Waals surface area contributed by atoms with Crippen LogP contribution in [-0.2, 0) is 4.74 Å². The number of ether oxygens (including phenoxy) is 2. The largest absolute Gasteiger partial charge is 0.490 e. The number of benzene rings is 3. The highest BCUT2D eigenvalue weighted by molar-refractivity contribution is 5.90. The summed E-state index contributed by atoms with van der Waals surface area (Å²) in [4.78, 5) is 12.3. The van der Waals surface area contributed by atoms with Gasteiger partial charge < -0.3 is 9.47 Å². The maximum absolute atomic E-state index is 15.0. The van der Waals surface area contributed by atoms with Crippen LogP contribution in [0.25, 0.3) is 16.7 Å². The van der Waals surface area contributed by atoms with Crippen molar-refractivity contribution in [3.63, 3.8) is 0 Å². The van der Waals surface area contributed by atoms with Gasteiger partial charge in [0.15, 0.2) is 23.2 Å². The minimum atomic E-state index is -1.25. The highest BCUT2D eigenvalue weighted by atomic mass is 19.2. The molecular formula is C30H27F5O3. The molecule has 0 bridgehead atoms. The van der Waals surface area contributed by atoms with Crippen molar-refractivity contribution in [2.24, 2.45) is 0 Å². The highest BCUT2D eigenvalue weighted by Gasteiger charge is 2.25. The van der Waals surface area contributed by atoms with Gasteiger partial charge >= 0.3 is 5.97 Å². The number of esters is 1. The Balaban J connectivity index is 1.45. The second-order valence-electron chi connectivity index (χ2n) is 9.22. The minimum absolute atomic E-state index is 0.0821. The van der Waals surface area contributed by atoms with E-state index in [2.05, 4.69) is 0 Å². The van der Waals surface area contributed by atoms with Crippen molar-refractivity contribution in [2.45, 2.75) is 52.1 Å². The number of rotatable bonds is 8. The van der Waals surface area contributed by atoms with Crippen molar-refractivity contribution in [1.29, 1.82) is 0 Å². The summed E-state index contributed by atoms with van der Waals surface area (Å²) in [5.41, 5.74) is 0.664. The van der Waals surface area contributed by atoms with E-state index in [1.165, 1.54) is 43.3 Å². The fourth-order valence-corrected chi connectivity index (χ4v) is 4.32. The third-order valence-electron chi connectivity index (χ3n) is 6.56. The van der Waals surface area contributed by atoms with Crippen molar-refractivity contribution in [3.05, 3.63) is 94.3 Å². The van der Waals surface area contributed by atoms with Gasteiger partial charge in [0.25, 0.3) is 0 Å². The maximum Gasteiger partial charge on any atom is 0.341 e. The Morgan fingerprint density at radius 2 is 1.68 bits per heavy atom. The first-order chi connectivity index (χ1) is 18.2. The summed E-state index contributed by atoms with van der Waals surface area (Å²) in [7, 11) is 0. The molecule has 1 aliphatic rings. The molecule has 8 heteroatoms. The third kappa shape index (κ3) is 5.74. The van der Waals surface area contributed by atoms with Crippen LogP contribution >= 0.6 is 0 Å². The molecule has 3 nitrogen and oxygen atoms in total. The van der Waals surface area contributed by atoms with E-state index >= 15 is 4.39 Å². The Kier molecular flexibility index (Phi) is 8.49. The second kappa shape index (κ2) is 11.8. The van der Waals surface area contributed by atoms with Crippen molar-refractivity contribution in [1.82, 2.24) is 0 Å².